The molecule has 4 aliphatic rings. The number of rotatable bonds is 0. The Hall–Kier alpha value is -0.700. The van der Waals surface area contributed by atoms with E-state index in [2.05, 4.69) is 13.8 Å². The number of Topliss-reactive ketones (excluding diaryl/α,β-unsaturated/α-hetero) is 2. The van der Waals surface area contributed by atoms with Crippen LogP contribution in [0.4, 0.5) is 0 Å². The lowest BCUT2D eigenvalue weighted by Crippen LogP contribution is -2.60. The summed E-state index contributed by atoms with van der Waals surface area (Å²) in [6.07, 6.45) is 6.56. The second-order valence-corrected chi connectivity index (χ2v) is 9.10. The van der Waals surface area contributed by atoms with E-state index >= 15 is 0 Å². The molecule has 4 aliphatic carbocycles. The molecular weight excluding hydrogens is 276 g/mol. The predicted octanol–water partition coefficient (Wildman–Crippen LogP) is 3.14. The molecule has 0 aromatic carbocycles. The Morgan fingerprint density at radius 3 is 2.68 bits per heavy atom. The predicted molar refractivity (Wildman–Crippen MR) is 83.1 cm³/mol. The van der Waals surface area contributed by atoms with Gasteiger partial charge in [-0.25, -0.2) is 0 Å². The molecule has 0 radical (unpaired) electrons. The molecule has 0 heterocycles. The molecule has 0 amide bonds. The number of hydrogen-bond acceptors (Lipinski definition) is 3. The molecule has 0 unspecified atom stereocenters. The number of carbonyl (C=O) groups is 2. The minimum Gasteiger partial charge on any atom is -0.393 e. The molecule has 22 heavy (non-hydrogen) atoms. The molecule has 122 valence electrons. The van der Waals surface area contributed by atoms with E-state index in [1.54, 1.807) is 0 Å². The third-order valence-electron chi connectivity index (χ3n) is 7.95. The topological polar surface area (TPSA) is 54.4 Å². The largest absolute Gasteiger partial charge is 0.393 e. The van der Waals surface area contributed by atoms with Crippen molar-refractivity contribution in [2.24, 2.45) is 34.5 Å². The number of fused-ring (bicyclic) bond motifs is 5. The summed E-state index contributed by atoms with van der Waals surface area (Å²) < 4.78 is 0. The van der Waals surface area contributed by atoms with E-state index < -0.39 is 6.10 Å². The van der Waals surface area contributed by atoms with Crippen molar-refractivity contribution < 1.29 is 14.7 Å². The maximum atomic E-state index is 13.1. The summed E-state index contributed by atoms with van der Waals surface area (Å²) in [5, 5.41) is 10.8. The lowest BCUT2D eigenvalue weighted by Gasteiger charge is -2.59. The molecule has 0 saturated heterocycles. The van der Waals surface area contributed by atoms with Crippen LogP contribution < -0.4 is 0 Å². The Balaban J connectivity index is 1.74. The van der Waals surface area contributed by atoms with Crippen LogP contribution in [0.1, 0.15) is 65.2 Å². The van der Waals surface area contributed by atoms with E-state index in [-0.39, 0.29) is 28.4 Å². The van der Waals surface area contributed by atoms with Crippen LogP contribution in [0.2, 0.25) is 0 Å². The first kappa shape index (κ1) is 14.9. The molecule has 4 fully saturated rings. The van der Waals surface area contributed by atoms with Crippen LogP contribution in [-0.4, -0.2) is 22.8 Å². The highest BCUT2D eigenvalue weighted by Gasteiger charge is 2.63. The van der Waals surface area contributed by atoms with Crippen molar-refractivity contribution in [2.45, 2.75) is 71.3 Å². The summed E-state index contributed by atoms with van der Waals surface area (Å²) in [6, 6.07) is 0. The minimum atomic E-state index is -0.397. The molecule has 3 nitrogen and oxygen atoms in total. The number of aliphatic hydroxyl groups is 1. The highest BCUT2D eigenvalue weighted by molar-refractivity contribution is 5.85. The minimum absolute atomic E-state index is 0.00436. The van der Waals surface area contributed by atoms with Crippen molar-refractivity contribution in [3.05, 3.63) is 0 Å². The maximum Gasteiger partial charge on any atom is 0.137 e. The second kappa shape index (κ2) is 4.66. The normalized spacial score (nSPS) is 54.6. The summed E-state index contributed by atoms with van der Waals surface area (Å²) in [7, 11) is 0. The third kappa shape index (κ3) is 1.84. The van der Waals surface area contributed by atoms with Gasteiger partial charge >= 0.3 is 0 Å². The number of hydrogen-bond donors (Lipinski definition) is 1. The van der Waals surface area contributed by atoms with Gasteiger partial charge < -0.3 is 5.11 Å². The van der Waals surface area contributed by atoms with Gasteiger partial charge in [0, 0.05) is 25.2 Å². The zero-order valence-electron chi connectivity index (χ0n) is 13.8. The van der Waals surface area contributed by atoms with Crippen molar-refractivity contribution in [1.29, 1.82) is 0 Å². The van der Waals surface area contributed by atoms with E-state index in [1.165, 1.54) is 19.3 Å². The molecule has 0 aromatic heterocycles. The van der Waals surface area contributed by atoms with Gasteiger partial charge in [0.05, 0.1) is 6.10 Å². The molecule has 0 spiro atoms. The Bertz CT molecular complexity index is 527. The SMILES string of the molecule is C[C@]12CCC[C@@H]1[C@@H]1C[C@H](O)[C@H]3CC(=O)CC[C@]3(C)[C@H]1C(=O)C2. The Labute approximate surface area is 132 Å². The summed E-state index contributed by atoms with van der Waals surface area (Å²) in [5.41, 5.74) is 0.0168. The number of carbonyl (C=O) groups excluding carboxylic acids is 2. The van der Waals surface area contributed by atoms with E-state index in [1.807, 2.05) is 0 Å². The van der Waals surface area contributed by atoms with Crippen LogP contribution in [0.25, 0.3) is 0 Å². The first-order valence-electron chi connectivity index (χ1n) is 9.08. The number of aliphatic hydroxyl groups excluding tert-OH is 1. The zero-order valence-corrected chi connectivity index (χ0v) is 13.8. The van der Waals surface area contributed by atoms with Crippen LogP contribution in [0.15, 0.2) is 0 Å². The van der Waals surface area contributed by atoms with Crippen LogP contribution in [0.5, 0.6) is 0 Å². The van der Waals surface area contributed by atoms with Crippen molar-refractivity contribution in [3.8, 4) is 0 Å². The van der Waals surface area contributed by atoms with Gasteiger partial charge in [0.25, 0.3) is 0 Å². The van der Waals surface area contributed by atoms with E-state index in [0.717, 1.165) is 19.3 Å². The van der Waals surface area contributed by atoms with E-state index in [0.29, 0.717) is 30.5 Å². The van der Waals surface area contributed by atoms with Gasteiger partial charge in [0.15, 0.2) is 0 Å². The molecule has 0 bridgehead atoms. The molecular formula is C19H28O3. The van der Waals surface area contributed by atoms with Gasteiger partial charge in [0.1, 0.15) is 11.6 Å². The molecule has 1 N–H and O–H groups in total. The summed E-state index contributed by atoms with van der Waals surface area (Å²) >= 11 is 0. The Morgan fingerprint density at radius 1 is 1.14 bits per heavy atom. The van der Waals surface area contributed by atoms with Crippen molar-refractivity contribution in [2.75, 3.05) is 0 Å². The molecule has 7 atom stereocenters. The first-order valence-corrected chi connectivity index (χ1v) is 9.08. The molecule has 4 saturated carbocycles. The fourth-order valence-corrected chi connectivity index (χ4v) is 6.93. The van der Waals surface area contributed by atoms with Crippen LogP contribution in [0.3, 0.4) is 0 Å². The molecule has 0 aromatic rings. The highest BCUT2D eigenvalue weighted by atomic mass is 16.3. The molecule has 0 aliphatic heterocycles. The average molecular weight is 304 g/mol. The Kier molecular flexibility index (Phi) is 3.15. The van der Waals surface area contributed by atoms with Gasteiger partial charge in [-0.3, -0.25) is 9.59 Å². The van der Waals surface area contributed by atoms with Gasteiger partial charge in [-0.2, -0.15) is 0 Å². The molecule has 4 rings (SSSR count). The zero-order chi connectivity index (χ0) is 15.7. The van der Waals surface area contributed by atoms with Gasteiger partial charge in [-0.05, 0) is 54.3 Å². The smallest absolute Gasteiger partial charge is 0.137 e. The highest BCUT2D eigenvalue weighted by Crippen LogP contribution is 2.64. The quantitative estimate of drug-likeness (QED) is 0.748. The lowest BCUT2D eigenvalue weighted by atomic mass is 9.44. The Morgan fingerprint density at radius 2 is 1.91 bits per heavy atom. The van der Waals surface area contributed by atoms with Crippen LogP contribution >= 0.6 is 0 Å². The number of ketones is 2. The fourth-order valence-electron chi connectivity index (χ4n) is 6.93. The summed E-state index contributed by atoms with van der Waals surface area (Å²) in [5.74, 6) is 1.74. The maximum absolute atomic E-state index is 13.1. The van der Waals surface area contributed by atoms with Gasteiger partial charge in [-0.15, -0.1) is 0 Å². The van der Waals surface area contributed by atoms with Crippen molar-refractivity contribution >= 4 is 11.6 Å². The van der Waals surface area contributed by atoms with E-state index in [9.17, 15) is 14.7 Å². The lowest BCUT2D eigenvalue weighted by molar-refractivity contribution is -0.173. The average Bonchev–Trinajstić information content (AvgIpc) is 2.82. The van der Waals surface area contributed by atoms with Crippen molar-refractivity contribution in [3.63, 3.8) is 0 Å². The fraction of sp³-hybridized carbons (Fsp3) is 0.895. The van der Waals surface area contributed by atoms with Crippen LogP contribution in [-0.2, 0) is 9.59 Å². The standard InChI is InChI=1S/C19H28O3/c1-18-6-3-4-13(18)12-9-15(21)14-8-11(20)5-7-19(14,2)17(12)16(22)10-18/h12-15,17,21H,3-10H2,1-2H3/t12-,13+,14+,15-,17+,18+,19-/m0/s1. The van der Waals surface area contributed by atoms with Crippen molar-refractivity contribution in [1.82, 2.24) is 0 Å². The first-order chi connectivity index (χ1) is 10.3. The monoisotopic (exact) mass is 304 g/mol. The summed E-state index contributed by atoms with van der Waals surface area (Å²) in [4.78, 5) is 24.9. The summed E-state index contributed by atoms with van der Waals surface area (Å²) in [6.45, 7) is 4.49. The third-order valence-corrected chi connectivity index (χ3v) is 7.95. The van der Waals surface area contributed by atoms with Gasteiger partial charge in [-0.1, -0.05) is 20.3 Å². The van der Waals surface area contributed by atoms with Gasteiger partial charge in [0.2, 0.25) is 0 Å². The van der Waals surface area contributed by atoms with E-state index in [4.69, 9.17) is 0 Å². The van der Waals surface area contributed by atoms with Crippen LogP contribution in [0, 0.1) is 34.5 Å². The second-order valence-electron chi connectivity index (χ2n) is 9.10. The molecule has 3 heteroatoms.